The first-order valence-corrected chi connectivity index (χ1v) is 4.98. The van der Waals surface area contributed by atoms with Gasteiger partial charge in [0.15, 0.2) is 0 Å². The first kappa shape index (κ1) is 10.2. The highest BCUT2D eigenvalue weighted by Crippen LogP contribution is 2.25. The fraction of sp³-hybridized carbons (Fsp3) is 0.778. The van der Waals surface area contributed by atoms with Crippen LogP contribution in [0.25, 0.3) is 0 Å². The van der Waals surface area contributed by atoms with Crippen molar-refractivity contribution in [2.45, 2.75) is 32.5 Å². The van der Waals surface area contributed by atoms with Crippen LogP contribution in [-0.2, 0) is 4.74 Å². The summed E-state index contributed by atoms with van der Waals surface area (Å²) in [6, 6.07) is 0.567. The molecule has 6 nitrogen and oxygen atoms in total. The van der Waals surface area contributed by atoms with Gasteiger partial charge in [0.05, 0.1) is 18.2 Å². The standard InChI is InChI=1S/C9H16N4O2/c1-6-4-13(5-9(2,3)15-6)8-12-11-7(10)14-8/h6H,4-5H2,1-3H3,(H2,10,11). The van der Waals surface area contributed by atoms with Crippen LogP contribution in [-0.4, -0.2) is 35.0 Å². The molecule has 1 saturated heterocycles. The van der Waals surface area contributed by atoms with E-state index in [4.69, 9.17) is 14.9 Å². The van der Waals surface area contributed by atoms with Crippen molar-refractivity contribution in [2.75, 3.05) is 23.7 Å². The van der Waals surface area contributed by atoms with E-state index < -0.39 is 0 Å². The molecule has 0 aromatic carbocycles. The zero-order chi connectivity index (χ0) is 11.1. The van der Waals surface area contributed by atoms with Crippen LogP contribution in [0.3, 0.4) is 0 Å². The van der Waals surface area contributed by atoms with E-state index in [9.17, 15) is 0 Å². The Bertz CT molecular complexity index is 350. The number of hydrogen-bond acceptors (Lipinski definition) is 6. The highest BCUT2D eigenvalue weighted by molar-refractivity contribution is 5.29. The summed E-state index contributed by atoms with van der Waals surface area (Å²) in [5.74, 6) is 0. The van der Waals surface area contributed by atoms with Crippen LogP contribution in [0.4, 0.5) is 12.0 Å². The summed E-state index contributed by atoms with van der Waals surface area (Å²) in [6.07, 6.45) is 0.141. The molecule has 1 unspecified atom stereocenters. The molecule has 1 aromatic heterocycles. The zero-order valence-corrected chi connectivity index (χ0v) is 9.23. The number of nitrogen functional groups attached to an aromatic ring is 1. The molecule has 0 radical (unpaired) electrons. The predicted octanol–water partition coefficient (Wildman–Crippen LogP) is 0.655. The van der Waals surface area contributed by atoms with E-state index in [2.05, 4.69) is 10.2 Å². The summed E-state index contributed by atoms with van der Waals surface area (Å²) in [6.45, 7) is 7.56. The lowest BCUT2D eigenvalue weighted by molar-refractivity contribution is -0.0761. The van der Waals surface area contributed by atoms with Gasteiger partial charge in [-0.25, -0.2) is 0 Å². The van der Waals surface area contributed by atoms with Gasteiger partial charge in [0.1, 0.15) is 0 Å². The number of anilines is 2. The number of rotatable bonds is 1. The summed E-state index contributed by atoms with van der Waals surface area (Å²) >= 11 is 0. The van der Waals surface area contributed by atoms with Gasteiger partial charge in [-0.05, 0) is 20.8 Å². The molecule has 1 aromatic rings. The average molecular weight is 212 g/mol. The first-order chi connectivity index (χ1) is 6.96. The van der Waals surface area contributed by atoms with Gasteiger partial charge < -0.3 is 19.8 Å². The van der Waals surface area contributed by atoms with Crippen LogP contribution in [0.2, 0.25) is 0 Å². The summed E-state index contributed by atoms with van der Waals surface area (Å²) in [7, 11) is 0. The Morgan fingerprint density at radius 1 is 1.47 bits per heavy atom. The third-order valence-electron chi connectivity index (χ3n) is 2.27. The van der Waals surface area contributed by atoms with Gasteiger partial charge in [-0.1, -0.05) is 10.2 Å². The van der Waals surface area contributed by atoms with Crippen LogP contribution in [0.5, 0.6) is 0 Å². The SMILES string of the molecule is CC1CN(c2nnc(N)o2)CC(C)(C)O1. The Balaban J connectivity index is 2.16. The Morgan fingerprint density at radius 3 is 2.73 bits per heavy atom. The maximum atomic E-state index is 5.77. The van der Waals surface area contributed by atoms with Crippen molar-refractivity contribution in [1.82, 2.24) is 10.2 Å². The van der Waals surface area contributed by atoms with Crippen LogP contribution in [0, 0.1) is 0 Å². The molecule has 0 amide bonds. The lowest BCUT2D eigenvalue weighted by Crippen LogP contribution is -2.52. The minimum Gasteiger partial charge on any atom is -0.390 e. The van der Waals surface area contributed by atoms with Gasteiger partial charge in [0, 0.05) is 6.54 Å². The summed E-state index contributed by atoms with van der Waals surface area (Å²) in [5, 5.41) is 7.51. The van der Waals surface area contributed by atoms with Crippen molar-refractivity contribution in [3.8, 4) is 0 Å². The largest absolute Gasteiger partial charge is 0.390 e. The van der Waals surface area contributed by atoms with E-state index >= 15 is 0 Å². The summed E-state index contributed by atoms with van der Waals surface area (Å²) < 4.78 is 11.0. The molecule has 84 valence electrons. The van der Waals surface area contributed by atoms with Crippen LogP contribution < -0.4 is 10.6 Å². The Labute approximate surface area is 88.4 Å². The fourth-order valence-corrected chi connectivity index (χ4v) is 1.95. The van der Waals surface area contributed by atoms with Crippen LogP contribution in [0.1, 0.15) is 20.8 Å². The third-order valence-corrected chi connectivity index (χ3v) is 2.27. The highest BCUT2D eigenvalue weighted by Gasteiger charge is 2.33. The molecule has 0 spiro atoms. The molecule has 1 aliphatic heterocycles. The topological polar surface area (TPSA) is 77.4 Å². The Kier molecular flexibility index (Phi) is 2.30. The quantitative estimate of drug-likeness (QED) is 0.736. The number of aromatic nitrogens is 2. The Hall–Kier alpha value is -1.30. The molecule has 1 aliphatic rings. The fourth-order valence-electron chi connectivity index (χ4n) is 1.95. The molecular formula is C9H16N4O2. The summed E-state index contributed by atoms with van der Waals surface area (Å²) in [5.41, 5.74) is 5.18. The van der Waals surface area contributed by atoms with Gasteiger partial charge >= 0.3 is 12.0 Å². The zero-order valence-electron chi connectivity index (χ0n) is 9.23. The molecule has 15 heavy (non-hydrogen) atoms. The Morgan fingerprint density at radius 2 is 2.20 bits per heavy atom. The predicted molar refractivity (Wildman–Crippen MR) is 55.5 cm³/mol. The van der Waals surface area contributed by atoms with Crippen LogP contribution >= 0.6 is 0 Å². The minimum atomic E-state index is -0.207. The number of hydrogen-bond donors (Lipinski definition) is 1. The third kappa shape index (κ3) is 2.20. The molecule has 0 aliphatic carbocycles. The smallest absolute Gasteiger partial charge is 0.319 e. The van der Waals surface area contributed by atoms with Crippen molar-refractivity contribution >= 4 is 12.0 Å². The lowest BCUT2D eigenvalue weighted by Gasteiger charge is -2.40. The van der Waals surface area contributed by atoms with Gasteiger partial charge in [-0.15, -0.1) is 0 Å². The van der Waals surface area contributed by atoms with E-state index in [0.29, 0.717) is 6.01 Å². The average Bonchev–Trinajstić information content (AvgIpc) is 2.48. The molecule has 2 N–H and O–H groups in total. The van der Waals surface area contributed by atoms with Gasteiger partial charge in [-0.2, -0.15) is 0 Å². The van der Waals surface area contributed by atoms with E-state index in [0.717, 1.165) is 13.1 Å². The van der Waals surface area contributed by atoms with Gasteiger partial charge in [0.2, 0.25) is 0 Å². The van der Waals surface area contributed by atoms with Crippen molar-refractivity contribution in [2.24, 2.45) is 0 Å². The van der Waals surface area contributed by atoms with E-state index in [1.54, 1.807) is 0 Å². The van der Waals surface area contributed by atoms with E-state index in [1.807, 2.05) is 25.7 Å². The molecule has 0 saturated carbocycles. The van der Waals surface area contributed by atoms with E-state index in [-0.39, 0.29) is 17.7 Å². The first-order valence-electron chi connectivity index (χ1n) is 4.98. The van der Waals surface area contributed by atoms with Gasteiger partial charge in [0.25, 0.3) is 0 Å². The number of ether oxygens (including phenoxy) is 1. The second-order valence-corrected chi connectivity index (χ2v) is 4.49. The molecular weight excluding hydrogens is 196 g/mol. The second kappa shape index (κ2) is 3.37. The van der Waals surface area contributed by atoms with Crippen molar-refractivity contribution in [1.29, 1.82) is 0 Å². The molecule has 0 bridgehead atoms. The monoisotopic (exact) mass is 212 g/mol. The van der Waals surface area contributed by atoms with Crippen LogP contribution in [0.15, 0.2) is 4.42 Å². The van der Waals surface area contributed by atoms with Crippen molar-refractivity contribution in [3.05, 3.63) is 0 Å². The number of nitrogens with zero attached hydrogens (tertiary/aromatic N) is 3. The molecule has 1 atom stereocenters. The number of morpholine rings is 1. The maximum Gasteiger partial charge on any atom is 0.319 e. The van der Waals surface area contributed by atoms with Crippen molar-refractivity contribution < 1.29 is 9.15 Å². The van der Waals surface area contributed by atoms with Gasteiger partial charge in [-0.3, -0.25) is 0 Å². The van der Waals surface area contributed by atoms with E-state index in [1.165, 1.54) is 0 Å². The molecule has 6 heteroatoms. The second-order valence-electron chi connectivity index (χ2n) is 4.49. The number of nitrogens with two attached hydrogens (primary N) is 1. The molecule has 2 heterocycles. The molecule has 1 fully saturated rings. The van der Waals surface area contributed by atoms with Crippen molar-refractivity contribution in [3.63, 3.8) is 0 Å². The normalized spacial score (nSPS) is 25.5. The lowest BCUT2D eigenvalue weighted by atomic mass is 10.1. The minimum absolute atomic E-state index is 0.0990. The molecule has 2 rings (SSSR count). The highest BCUT2D eigenvalue weighted by atomic mass is 16.5. The summed E-state index contributed by atoms with van der Waals surface area (Å²) in [4.78, 5) is 2.00. The maximum absolute atomic E-state index is 5.77.